The number of hydrogen-bond donors (Lipinski definition) is 1. The van der Waals surface area contributed by atoms with Crippen molar-refractivity contribution >= 4 is 23.7 Å². The van der Waals surface area contributed by atoms with Crippen molar-refractivity contribution in [3.63, 3.8) is 0 Å². The third-order valence-corrected chi connectivity index (χ3v) is 2.92. The molecular weight excluding hydrogens is 296 g/mol. The highest BCUT2D eigenvalue weighted by atomic mass is 16.6. The first-order valence-corrected chi connectivity index (χ1v) is 7.18. The van der Waals surface area contributed by atoms with Gasteiger partial charge in [0.2, 0.25) is 5.78 Å². The van der Waals surface area contributed by atoms with E-state index in [0.717, 1.165) is 0 Å². The van der Waals surface area contributed by atoms with E-state index in [1.54, 1.807) is 13.8 Å². The topological polar surface area (TPSA) is 116 Å². The summed E-state index contributed by atoms with van der Waals surface area (Å²) in [6, 6.07) is 0. The Labute approximate surface area is 127 Å². The number of rotatable bonds is 8. The van der Waals surface area contributed by atoms with Crippen LogP contribution in [0.5, 0.6) is 0 Å². The Morgan fingerprint density at radius 2 is 1.77 bits per heavy atom. The van der Waals surface area contributed by atoms with Crippen molar-refractivity contribution in [1.82, 2.24) is 0 Å². The zero-order valence-electron chi connectivity index (χ0n) is 12.6. The molecule has 0 aromatic heterocycles. The highest BCUT2D eigenvalue weighted by Crippen LogP contribution is 2.18. The number of cyclic esters (lactones) is 1. The number of carbonyl (C=O) groups excluding carboxylic acids is 4. The lowest BCUT2D eigenvalue weighted by Gasteiger charge is -2.15. The van der Waals surface area contributed by atoms with Gasteiger partial charge in [-0.25, -0.2) is 4.79 Å². The molecule has 0 amide bonds. The lowest BCUT2D eigenvalue weighted by molar-refractivity contribution is -0.163. The van der Waals surface area contributed by atoms with Crippen LogP contribution in [0.3, 0.4) is 0 Å². The van der Waals surface area contributed by atoms with E-state index in [9.17, 15) is 24.3 Å². The first-order valence-electron chi connectivity index (χ1n) is 7.18. The molecule has 1 fully saturated rings. The third kappa shape index (κ3) is 4.80. The van der Waals surface area contributed by atoms with Gasteiger partial charge in [0.15, 0.2) is 6.10 Å². The summed E-state index contributed by atoms with van der Waals surface area (Å²) in [6.45, 7) is 3.06. The Morgan fingerprint density at radius 1 is 1.18 bits per heavy atom. The van der Waals surface area contributed by atoms with E-state index < -0.39 is 48.6 Å². The number of ketones is 1. The number of hydrogen-bond acceptors (Lipinski definition) is 8. The third-order valence-electron chi connectivity index (χ3n) is 2.92. The summed E-state index contributed by atoms with van der Waals surface area (Å²) in [7, 11) is 0. The fraction of sp³-hybridized carbons (Fsp3) is 0.714. The molecule has 0 bridgehead atoms. The molecule has 0 unspecified atom stereocenters. The van der Waals surface area contributed by atoms with Crippen molar-refractivity contribution in [2.75, 3.05) is 6.61 Å². The number of esters is 3. The minimum absolute atomic E-state index is 0.0684. The van der Waals surface area contributed by atoms with Crippen LogP contribution in [0.2, 0.25) is 0 Å². The number of carbonyl (C=O) groups is 4. The van der Waals surface area contributed by atoms with Gasteiger partial charge < -0.3 is 19.3 Å². The van der Waals surface area contributed by atoms with Crippen molar-refractivity contribution in [3.8, 4) is 0 Å². The summed E-state index contributed by atoms with van der Waals surface area (Å²) in [4.78, 5) is 46.0. The lowest BCUT2D eigenvalue weighted by atomic mass is 10.1. The molecule has 1 N–H and O–H groups in total. The fourth-order valence-electron chi connectivity index (χ4n) is 1.82. The second-order valence-electron chi connectivity index (χ2n) is 4.88. The van der Waals surface area contributed by atoms with Gasteiger partial charge in [0.05, 0.1) is 0 Å². The Kier molecular flexibility index (Phi) is 6.97. The van der Waals surface area contributed by atoms with Crippen LogP contribution >= 0.6 is 0 Å². The standard InChI is InChI=1S/C14H20O8/c1-3-5-9(16)20-7-8(15)12-11(18)13(14(19)22-12)21-10(17)6-4-2/h8,12-13,15H,3-7H2,1-2H3/t8-,12+,13-/m0/s1. The Bertz CT molecular complexity index is 444. The van der Waals surface area contributed by atoms with Crippen LogP contribution in [0, 0.1) is 0 Å². The van der Waals surface area contributed by atoms with Crippen LogP contribution in [0.4, 0.5) is 0 Å². The number of ether oxygens (including phenoxy) is 3. The van der Waals surface area contributed by atoms with E-state index in [4.69, 9.17) is 14.2 Å². The van der Waals surface area contributed by atoms with Gasteiger partial charge in [-0.3, -0.25) is 14.4 Å². The zero-order chi connectivity index (χ0) is 16.7. The monoisotopic (exact) mass is 316 g/mol. The molecule has 22 heavy (non-hydrogen) atoms. The van der Waals surface area contributed by atoms with E-state index in [1.807, 2.05) is 0 Å². The van der Waals surface area contributed by atoms with Crippen molar-refractivity contribution in [2.24, 2.45) is 0 Å². The Morgan fingerprint density at radius 3 is 2.36 bits per heavy atom. The summed E-state index contributed by atoms with van der Waals surface area (Å²) >= 11 is 0. The van der Waals surface area contributed by atoms with Gasteiger partial charge >= 0.3 is 17.9 Å². The molecule has 0 aliphatic carbocycles. The summed E-state index contributed by atoms with van der Waals surface area (Å²) < 4.78 is 14.2. The van der Waals surface area contributed by atoms with E-state index in [2.05, 4.69) is 0 Å². The zero-order valence-corrected chi connectivity index (χ0v) is 12.6. The van der Waals surface area contributed by atoms with E-state index >= 15 is 0 Å². The number of aliphatic hydroxyl groups excluding tert-OH is 1. The largest absolute Gasteiger partial charge is 0.463 e. The van der Waals surface area contributed by atoms with Gasteiger partial charge in [-0.1, -0.05) is 13.8 Å². The molecule has 1 aliphatic heterocycles. The first-order chi connectivity index (χ1) is 10.4. The van der Waals surface area contributed by atoms with Crippen LogP contribution in [-0.4, -0.2) is 53.7 Å². The van der Waals surface area contributed by atoms with Crippen molar-refractivity contribution in [1.29, 1.82) is 0 Å². The van der Waals surface area contributed by atoms with Gasteiger partial charge in [-0.15, -0.1) is 0 Å². The summed E-state index contributed by atoms with van der Waals surface area (Å²) in [6.07, 6.45) is -3.31. The molecule has 1 rings (SSSR count). The normalized spacial score (nSPS) is 22.1. The molecular formula is C14H20O8. The second kappa shape index (κ2) is 8.47. The van der Waals surface area contributed by atoms with E-state index in [-0.39, 0.29) is 12.8 Å². The van der Waals surface area contributed by atoms with Crippen LogP contribution in [0.25, 0.3) is 0 Å². The molecule has 1 heterocycles. The summed E-state index contributed by atoms with van der Waals surface area (Å²) in [5.74, 6) is -3.10. The van der Waals surface area contributed by atoms with Crippen molar-refractivity contribution < 1.29 is 38.5 Å². The molecule has 1 aliphatic rings. The van der Waals surface area contributed by atoms with Crippen LogP contribution < -0.4 is 0 Å². The van der Waals surface area contributed by atoms with E-state index in [0.29, 0.717) is 12.8 Å². The summed E-state index contributed by atoms with van der Waals surface area (Å²) in [5.41, 5.74) is 0. The number of Topliss-reactive ketones (excluding diaryl/α,β-unsaturated/α-hetero) is 1. The highest BCUT2D eigenvalue weighted by Gasteiger charge is 2.49. The molecule has 8 heteroatoms. The quantitative estimate of drug-likeness (QED) is 0.375. The lowest BCUT2D eigenvalue weighted by Crippen LogP contribution is -2.39. The number of aliphatic hydroxyl groups is 1. The van der Waals surface area contributed by atoms with Gasteiger partial charge in [-0.2, -0.15) is 0 Å². The Hall–Kier alpha value is -1.96. The maximum absolute atomic E-state index is 11.9. The van der Waals surface area contributed by atoms with Gasteiger partial charge in [-0.05, 0) is 12.8 Å². The minimum atomic E-state index is -1.66. The minimum Gasteiger partial charge on any atom is -0.463 e. The molecule has 124 valence electrons. The Balaban J connectivity index is 2.55. The maximum atomic E-state index is 11.9. The molecule has 0 aromatic rings. The molecule has 0 spiro atoms. The fourth-order valence-corrected chi connectivity index (χ4v) is 1.82. The van der Waals surface area contributed by atoms with Crippen LogP contribution in [0.15, 0.2) is 0 Å². The smallest absolute Gasteiger partial charge is 0.356 e. The van der Waals surface area contributed by atoms with Crippen LogP contribution in [-0.2, 0) is 33.4 Å². The average Bonchev–Trinajstić information content (AvgIpc) is 2.73. The predicted octanol–water partition coefficient (Wildman–Crippen LogP) is -0.103. The predicted molar refractivity (Wildman–Crippen MR) is 71.5 cm³/mol. The molecule has 0 radical (unpaired) electrons. The van der Waals surface area contributed by atoms with E-state index in [1.165, 1.54) is 0 Å². The first kappa shape index (κ1) is 18.1. The van der Waals surface area contributed by atoms with Gasteiger partial charge in [0.1, 0.15) is 12.7 Å². The average molecular weight is 316 g/mol. The van der Waals surface area contributed by atoms with Crippen molar-refractivity contribution in [3.05, 3.63) is 0 Å². The van der Waals surface area contributed by atoms with Gasteiger partial charge in [0, 0.05) is 12.8 Å². The van der Waals surface area contributed by atoms with Crippen molar-refractivity contribution in [2.45, 2.75) is 57.8 Å². The molecule has 0 aromatic carbocycles. The highest BCUT2D eigenvalue weighted by molar-refractivity contribution is 6.10. The molecule has 8 nitrogen and oxygen atoms in total. The maximum Gasteiger partial charge on any atom is 0.356 e. The summed E-state index contributed by atoms with van der Waals surface area (Å²) in [5, 5.41) is 9.79. The molecule has 0 saturated carbocycles. The van der Waals surface area contributed by atoms with Gasteiger partial charge in [0.25, 0.3) is 6.10 Å². The molecule has 3 atom stereocenters. The molecule has 1 saturated heterocycles. The SMILES string of the molecule is CCCC(=O)OC[C@H](O)[C@H]1OC(=O)[C@@H](OC(=O)CCC)C1=O. The second-order valence-corrected chi connectivity index (χ2v) is 4.88. The van der Waals surface area contributed by atoms with Crippen LogP contribution in [0.1, 0.15) is 39.5 Å².